The van der Waals surface area contributed by atoms with E-state index in [2.05, 4.69) is 0 Å². The molecule has 0 saturated carbocycles. The van der Waals surface area contributed by atoms with Crippen molar-refractivity contribution < 1.29 is 105 Å². The summed E-state index contributed by atoms with van der Waals surface area (Å²) in [6, 6.07) is 5.27. The molecule has 2 unspecified atom stereocenters. The van der Waals surface area contributed by atoms with Gasteiger partial charge in [0, 0.05) is 64.8 Å². The Kier molecular flexibility index (Phi) is 16.9. The summed E-state index contributed by atoms with van der Waals surface area (Å²) in [5.74, 6) is -3.75. The predicted molar refractivity (Wildman–Crippen MR) is 257 cm³/mol. The van der Waals surface area contributed by atoms with Gasteiger partial charge in [-0.05, 0) is 87.7 Å². The molecule has 0 fully saturated rings. The van der Waals surface area contributed by atoms with Gasteiger partial charge in [-0.3, -0.25) is 36.7 Å². The number of rotatable bonds is 24. The summed E-state index contributed by atoms with van der Waals surface area (Å²) in [7, 11) is -35.2. The molecule has 0 bridgehead atoms. The number of hydrogen-bond donors (Lipinski definition) is 8. The highest BCUT2D eigenvalue weighted by molar-refractivity contribution is 7.87. The van der Waals surface area contributed by atoms with Crippen molar-refractivity contribution in [2.24, 2.45) is 0 Å². The van der Waals surface area contributed by atoms with E-state index in [0.29, 0.717) is 12.1 Å². The van der Waals surface area contributed by atoms with Crippen LogP contribution in [0, 0.1) is 0 Å². The molecule has 0 spiro atoms. The average molecular weight is 1150 g/mol. The Morgan fingerprint density at radius 2 is 1.11 bits per heavy atom. The molecule has 2 atom stereocenters. The van der Waals surface area contributed by atoms with Crippen molar-refractivity contribution >= 4 is 105 Å². The third-order valence-corrected chi connectivity index (χ3v) is 18.2. The van der Waals surface area contributed by atoms with Crippen LogP contribution in [-0.2, 0) is 86.5 Å². The third-order valence-electron chi connectivity index (χ3n) is 12.4. The zero-order valence-electron chi connectivity index (χ0n) is 38.0. The molecule has 0 aromatic heterocycles. The van der Waals surface area contributed by atoms with Crippen LogP contribution in [0.1, 0.15) is 82.8 Å². The van der Waals surface area contributed by atoms with E-state index in [1.54, 1.807) is 6.92 Å². The van der Waals surface area contributed by atoms with Crippen molar-refractivity contribution in [2.75, 3.05) is 35.2 Å². The minimum Gasteiger partial charge on any atom is -0.481 e. The second-order valence-corrected chi connectivity index (χ2v) is 27.9. The second-order valence-electron chi connectivity index (χ2n) is 17.6. The van der Waals surface area contributed by atoms with Crippen LogP contribution < -0.4 is 4.90 Å². The summed E-state index contributed by atoms with van der Waals surface area (Å²) in [5, 5.41) is 8.92. The van der Waals surface area contributed by atoms with E-state index in [4.69, 9.17) is 0 Å². The molecule has 400 valence electrons. The number of allylic oxidation sites excluding steroid dienone is 4. The van der Waals surface area contributed by atoms with Crippen LogP contribution in [0.15, 0.2) is 79.9 Å². The normalized spacial score (nSPS) is 19.7. The SMILES string of the molecule is CC1(CCCS(=O)(=O)O)C(=CC=CC2=[N+](CCCS(=O)(=O)O)c3ccc4c(S(=O)(=O)O)cc(S(=O)(=O)O)cc4c3C2(C)CCCCCC(=O)O)N(CCCS(=O)(=O)O)c2cc(S(=O)(=O)O)cc(S(=O)(=O)O)c21. The number of hydrogen-bond acceptors (Lipinski definition) is 16. The Hall–Kier alpha value is -4.29. The van der Waals surface area contributed by atoms with Gasteiger partial charge < -0.3 is 10.0 Å². The number of carboxylic acids is 1. The number of carbonyl (C=O) groups is 1. The number of anilines is 1. The Bertz CT molecular complexity index is 3630. The van der Waals surface area contributed by atoms with E-state index in [1.807, 2.05) is 0 Å². The summed E-state index contributed by atoms with van der Waals surface area (Å²) < 4.78 is 245. The molecule has 8 N–H and O–H groups in total. The molecular weight excluding hydrogens is 1100 g/mol. The van der Waals surface area contributed by atoms with Crippen molar-refractivity contribution in [3.05, 3.63) is 71.5 Å². The Balaban J connectivity index is 1.90. The van der Waals surface area contributed by atoms with Crippen molar-refractivity contribution in [1.82, 2.24) is 0 Å². The molecule has 0 amide bonds. The van der Waals surface area contributed by atoms with Crippen LogP contribution in [0.3, 0.4) is 0 Å². The number of nitrogens with zero attached hydrogens (tertiary/aromatic N) is 2. The first-order valence-corrected chi connectivity index (χ1v) is 31.9. The van der Waals surface area contributed by atoms with Crippen LogP contribution >= 0.6 is 0 Å². The minimum absolute atomic E-state index is 0.0256. The number of aliphatic carboxylic acids is 1. The van der Waals surface area contributed by atoms with Gasteiger partial charge >= 0.3 is 5.97 Å². The van der Waals surface area contributed by atoms with Crippen LogP contribution in [0.25, 0.3) is 10.8 Å². The fourth-order valence-electron chi connectivity index (χ4n) is 9.45. The van der Waals surface area contributed by atoms with E-state index < -0.39 is 150 Å². The van der Waals surface area contributed by atoms with Gasteiger partial charge in [0.25, 0.3) is 70.8 Å². The van der Waals surface area contributed by atoms with Crippen molar-refractivity contribution in [1.29, 1.82) is 0 Å². The summed E-state index contributed by atoms with van der Waals surface area (Å²) in [6.45, 7) is 2.19. The molecular formula is C40H51N2O23S7+. The Morgan fingerprint density at radius 1 is 0.583 bits per heavy atom. The molecule has 5 rings (SSSR count). The van der Waals surface area contributed by atoms with Gasteiger partial charge in [0.1, 0.15) is 16.3 Å². The van der Waals surface area contributed by atoms with Crippen LogP contribution in [0.4, 0.5) is 11.4 Å². The molecule has 0 radical (unpaired) electrons. The van der Waals surface area contributed by atoms with Gasteiger partial charge in [0.05, 0.1) is 32.5 Å². The highest BCUT2D eigenvalue weighted by atomic mass is 32.2. The number of unbranched alkanes of at least 4 members (excludes halogenated alkanes) is 2. The average Bonchev–Trinajstić information content (AvgIpc) is 3.57. The zero-order valence-corrected chi connectivity index (χ0v) is 43.8. The van der Waals surface area contributed by atoms with Crippen molar-refractivity contribution in [2.45, 2.75) is 102 Å². The molecule has 32 heteroatoms. The van der Waals surface area contributed by atoms with Crippen LogP contribution in [0.2, 0.25) is 0 Å². The second kappa shape index (κ2) is 20.8. The maximum Gasteiger partial charge on any atom is 0.303 e. The molecule has 3 aromatic carbocycles. The monoisotopic (exact) mass is 1150 g/mol. The van der Waals surface area contributed by atoms with Crippen molar-refractivity contribution in [3.63, 3.8) is 0 Å². The quantitative estimate of drug-likeness (QED) is 0.0360. The summed E-state index contributed by atoms with van der Waals surface area (Å²) in [4.78, 5) is 8.54. The molecule has 2 aliphatic rings. The minimum atomic E-state index is -5.45. The van der Waals surface area contributed by atoms with E-state index in [0.717, 1.165) is 12.1 Å². The first-order chi connectivity index (χ1) is 32.7. The van der Waals surface area contributed by atoms with Crippen LogP contribution in [-0.4, -0.2) is 143 Å². The highest BCUT2D eigenvalue weighted by Gasteiger charge is 2.50. The lowest BCUT2D eigenvalue weighted by Gasteiger charge is -2.31. The third kappa shape index (κ3) is 13.7. The highest BCUT2D eigenvalue weighted by Crippen LogP contribution is 2.54. The maximum absolute atomic E-state index is 13.1. The molecule has 2 heterocycles. The lowest BCUT2D eigenvalue weighted by Crippen LogP contribution is -2.32. The van der Waals surface area contributed by atoms with Gasteiger partial charge in [-0.1, -0.05) is 18.9 Å². The number of carboxylic acid groups (broad SMARTS) is 1. The predicted octanol–water partition coefficient (Wildman–Crippen LogP) is 3.66. The largest absolute Gasteiger partial charge is 0.481 e. The first kappa shape index (κ1) is 58.6. The smallest absolute Gasteiger partial charge is 0.303 e. The summed E-state index contributed by atoms with van der Waals surface area (Å²) >= 11 is 0. The van der Waals surface area contributed by atoms with Crippen LogP contribution in [0.5, 0.6) is 0 Å². The molecule has 0 saturated heterocycles. The molecule has 0 aliphatic carbocycles. The van der Waals surface area contributed by atoms with Gasteiger partial charge in [0.2, 0.25) is 5.69 Å². The van der Waals surface area contributed by atoms with E-state index >= 15 is 0 Å². The molecule has 72 heavy (non-hydrogen) atoms. The van der Waals surface area contributed by atoms with E-state index in [9.17, 15) is 101 Å². The summed E-state index contributed by atoms with van der Waals surface area (Å²) in [5.41, 5.74) is -3.58. The Labute approximate surface area is 416 Å². The standard InChI is InChI=1S/C40H50N2O23S7/c1-39(15-5-3-4-12-36(43)44)34(41(17-8-20-67(48,49)50)30-14-13-28-29(37(30)39)22-26(69(54,55)56)24-32(28)71(60,61)62)10-6-11-35-40(2,16-7-19-66(45,46)47)38-31(42(35)18-9-21-68(51,52)53)23-27(70(57,58)59)25-33(38)72(63,64)65/h6,10-11,13-14,22-25H,3-5,7-9,12,15-21H2,1-2H3,(H7-,43,44,45,46,47,48,49,50,51,52,53,54,55,56,57,58,59,60,61,62,63,64,65)/p+1. The number of benzene rings is 3. The Morgan fingerprint density at radius 3 is 1.65 bits per heavy atom. The molecule has 2 aliphatic heterocycles. The summed E-state index contributed by atoms with van der Waals surface area (Å²) in [6.07, 6.45) is 2.79. The lowest BCUT2D eigenvalue weighted by molar-refractivity contribution is -0.437. The van der Waals surface area contributed by atoms with Gasteiger partial charge in [0.15, 0.2) is 5.71 Å². The fraction of sp³-hybridized carbons (Fsp3) is 0.450. The molecule has 3 aromatic rings. The maximum atomic E-state index is 13.1. The van der Waals surface area contributed by atoms with Gasteiger partial charge in [-0.2, -0.15) is 63.5 Å². The van der Waals surface area contributed by atoms with Crippen molar-refractivity contribution in [3.8, 4) is 0 Å². The fourth-order valence-corrected chi connectivity index (χ4v) is 13.8. The van der Waals surface area contributed by atoms with E-state index in [-0.39, 0.29) is 89.8 Å². The zero-order chi connectivity index (χ0) is 54.4. The lowest BCUT2D eigenvalue weighted by atomic mass is 9.73. The van der Waals surface area contributed by atoms with Gasteiger partial charge in [-0.25, -0.2) is 0 Å². The first-order valence-electron chi connectivity index (χ1n) is 21.3. The number of fused-ring (bicyclic) bond motifs is 4. The molecule has 25 nitrogen and oxygen atoms in total. The van der Waals surface area contributed by atoms with E-state index in [1.165, 1.54) is 46.8 Å². The van der Waals surface area contributed by atoms with Gasteiger partial charge in [-0.15, -0.1) is 0 Å². The topological polar surface area (TPSA) is 424 Å².